The van der Waals surface area contributed by atoms with Crippen molar-refractivity contribution in [3.8, 4) is 44.5 Å². The van der Waals surface area contributed by atoms with Crippen molar-refractivity contribution >= 4 is 71.3 Å². The Hall–Kier alpha value is -8.98. The van der Waals surface area contributed by atoms with E-state index in [0.29, 0.717) is 0 Å². The van der Waals surface area contributed by atoms with Gasteiger partial charge in [-0.1, -0.05) is 194 Å². The van der Waals surface area contributed by atoms with E-state index < -0.39 is 5.41 Å². The zero-order chi connectivity index (χ0) is 45.2. The molecule has 12 aromatic carbocycles. The quantitative estimate of drug-likeness (QED) is 0.160. The Labute approximate surface area is 399 Å². The lowest BCUT2D eigenvalue weighted by Crippen LogP contribution is -2.26. The smallest absolute Gasteiger partial charge is 0.135 e. The molecule has 15 rings (SSSR count). The second kappa shape index (κ2) is 14.5. The summed E-state index contributed by atoms with van der Waals surface area (Å²) in [4.78, 5) is 2.53. The van der Waals surface area contributed by atoms with Gasteiger partial charge < -0.3 is 9.32 Å². The van der Waals surface area contributed by atoms with Crippen molar-refractivity contribution in [2.45, 2.75) is 5.41 Å². The number of hydrogen-bond acceptors (Lipinski definition) is 2. The Morgan fingerprint density at radius 1 is 0.261 bits per heavy atom. The van der Waals surface area contributed by atoms with Crippen LogP contribution in [-0.4, -0.2) is 0 Å². The number of fused-ring (bicyclic) bond motifs is 19. The van der Waals surface area contributed by atoms with Crippen LogP contribution in [0.25, 0.3) is 98.8 Å². The van der Waals surface area contributed by atoms with Gasteiger partial charge in [0, 0.05) is 27.7 Å². The number of benzene rings is 12. The molecule has 0 fully saturated rings. The van der Waals surface area contributed by atoms with Crippen LogP contribution in [0.5, 0.6) is 0 Å². The summed E-state index contributed by atoms with van der Waals surface area (Å²) < 4.78 is 6.46. The molecule has 0 atom stereocenters. The van der Waals surface area contributed by atoms with E-state index >= 15 is 0 Å². The Balaban J connectivity index is 1.09. The summed E-state index contributed by atoms with van der Waals surface area (Å²) in [6, 6.07) is 92.3. The number of para-hydroxylation sites is 1. The Kier molecular flexibility index (Phi) is 8.02. The van der Waals surface area contributed by atoms with E-state index in [2.05, 4.69) is 248 Å². The monoisotopic (exact) mass is 875 g/mol. The molecule has 0 saturated heterocycles. The third-order valence-corrected chi connectivity index (χ3v) is 15.2. The number of anilines is 3. The highest BCUT2D eigenvalue weighted by molar-refractivity contribution is 6.26. The van der Waals surface area contributed by atoms with Crippen molar-refractivity contribution in [3.63, 3.8) is 0 Å². The first-order valence-electron chi connectivity index (χ1n) is 23.9. The van der Waals surface area contributed by atoms with Crippen LogP contribution in [-0.2, 0) is 5.41 Å². The van der Waals surface area contributed by atoms with Crippen LogP contribution in [0.3, 0.4) is 0 Å². The fraction of sp³-hybridized carbons (Fsp3) is 0.0149. The molecule has 0 amide bonds. The van der Waals surface area contributed by atoms with Crippen molar-refractivity contribution < 1.29 is 4.42 Å². The minimum atomic E-state index is -0.535. The van der Waals surface area contributed by atoms with Crippen molar-refractivity contribution in [2.75, 3.05) is 4.90 Å². The second-order valence-electron chi connectivity index (χ2n) is 18.7. The van der Waals surface area contributed by atoms with Gasteiger partial charge in [-0.3, -0.25) is 0 Å². The van der Waals surface area contributed by atoms with Gasteiger partial charge in [-0.05, 0) is 148 Å². The summed E-state index contributed by atoms with van der Waals surface area (Å²) in [6.07, 6.45) is 0. The van der Waals surface area contributed by atoms with Crippen molar-refractivity contribution in [2.24, 2.45) is 0 Å². The first-order chi connectivity index (χ1) is 34.2. The SMILES string of the molecule is c1ccc(-c2cccc(N(c3ccc4c5ccccc5c5ccccc5c4c3)c3cc4c(cc3-c3ccc5oc6ccccc6c5c3)-c3ccccc3C43c4ccccc4-c4ccccc43)c2)cc1. The summed E-state index contributed by atoms with van der Waals surface area (Å²) in [7, 11) is 0. The average Bonchev–Trinajstić information content (AvgIpc) is 4.05. The molecule has 0 N–H and O–H groups in total. The number of rotatable bonds is 5. The highest BCUT2D eigenvalue weighted by atomic mass is 16.3. The first kappa shape index (κ1) is 38.2. The molecular formula is C67H41NO. The molecular weight excluding hydrogens is 835 g/mol. The minimum absolute atomic E-state index is 0.535. The summed E-state index contributed by atoms with van der Waals surface area (Å²) in [5.74, 6) is 0. The number of nitrogens with zero attached hydrogens (tertiary/aromatic N) is 1. The van der Waals surface area contributed by atoms with E-state index in [-0.39, 0.29) is 0 Å². The molecule has 1 spiro atoms. The number of furan rings is 1. The molecule has 0 bridgehead atoms. The average molecular weight is 876 g/mol. The van der Waals surface area contributed by atoms with Crippen molar-refractivity contribution in [1.29, 1.82) is 0 Å². The lowest BCUT2D eigenvalue weighted by atomic mass is 9.70. The fourth-order valence-electron chi connectivity index (χ4n) is 12.4. The molecule has 320 valence electrons. The highest BCUT2D eigenvalue weighted by Gasteiger charge is 2.52. The van der Waals surface area contributed by atoms with E-state index in [1.165, 1.54) is 82.4 Å². The largest absolute Gasteiger partial charge is 0.456 e. The van der Waals surface area contributed by atoms with Gasteiger partial charge in [0.2, 0.25) is 0 Å². The Bertz CT molecular complexity index is 4190. The lowest BCUT2D eigenvalue weighted by Gasteiger charge is -2.33. The van der Waals surface area contributed by atoms with E-state index in [0.717, 1.165) is 55.7 Å². The molecule has 0 unspecified atom stereocenters. The molecule has 0 aliphatic heterocycles. The van der Waals surface area contributed by atoms with Gasteiger partial charge in [0.05, 0.1) is 11.1 Å². The predicted octanol–water partition coefficient (Wildman–Crippen LogP) is 18.2. The molecule has 69 heavy (non-hydrogen) atoms. The fourth-order valence-corrected chi connectivity index (χ4v) is 12.4. The summed E-state index contributed by atoms with van der Waals surface area (Å²) in [6.45, 7) is 0. The lowest BCUT2D eigenvalue weighted by molar-refractivity contribution is 0.669. The molecule has 2 nitrogen and oxygen atoms in total. The van der Waals surface area contributed by atoms with Gasteiger partial charge in [-0.15, -0.1) is 0 Å². The van der Waals surface area contributed by atoms with Gasteiger partial charge in [0.1, 0.15) is 11.2 Å². The normalized spacial score (nSPS) is 13.0. The number of hydrogen-bond donors (Lipinski definition) is 0. The second-order valence-corrected chi connectivity index (χ2v) is 18.7. The third-order valence-electron chi connectivity index (χ3n) is 15.2. The summed E-state index contributed by atoms with van der Waals surface area (Å²) in [5, 5.41) is 9.71. The molecule has 13 aromatic rings. The molecule has 0 radical (unpaired) electrons. The highest BCUT2D eigenvalue weighted by Crippen LogP contribution is 2.64. The van der Waals surface area contributed by atoms with Crippen LogP contribution in [0.15, 0.2) is 253 Å². The standard InChI is InChI=1S/C67H41NO/c1-2-17-42(18-3-1)43-19-16-20-45(37-43)68(46-34-35-51-49-23-5-4-21-47(49)48-22-6-7-24-50(48)57(51)39-46)64-41-63-58(40-56(64)44-33-36-66-59(38-44)55-28-11-15-32-65(55)69-66)54-27-10-14-31-62(54)67(63)60-29-12-8-25-52(60)53-26-9-13-30-61(53)67/h1-41H. The zero-order valence-corrected chi connectivity index (χ0v) is 37.5. The molecule has 2 aliphatic rings. The van der Waals surface area contributed by atoms with Crippen molar-refractivity contribution in [1.82, 2.24) is 0 Å². The van der Waals surface area contributed by atoms with Gasteiger partial charge in [0.25, 0.3) is 0 Å². The van der Waals surface area contributed by atoms with Crippen LogP contribution < -0.4 is 4.90 Å². The van der Waals surface area contributed by atoms with E-state index in [1.807, 2.05) is 6.07 Å². The maximum absolute atomic E-state index is 6.46. The third kappa shape index (κ3) is 5.37. The summed E-state index contributed by atoms with van der Waals surface area (Å²) >= 11 is 0. The van der Waals surface area contributed by atoms with Gasteiger partial charge >= 0.3 is 0 Å². The van der Waals surface area contributed by atoms with Gasteiger partial charge in [-0.2, -0.15) is 0 Å². The molecule has 2 aliphatic carbocycles. The molecule has 1 heterocycles. The molecule has 2 heteroatoms. The minimum Gasteiger partial charge on any atom is -0.456 e. The first-order valence-corrected chi connectivity index (χ1v) is 23.9. The molecule has 1 aromatic heterocycles. The van der Waals surface area contributed by atoms with Crippen LogP contribution in [0.4, 0.5) is 17.1 Å². The van der Waals surface area contributed by atoms with Crippen LogP contribution in [0.2, 0.25) is 0 Å². The maximum atomic E-state index is 6.46. The Morgan fingerprint density at radius 3 is 1.46 bits per heavy atom. The van der Waals surface area contributed by atoms with Crippen molar-refractivity contribution in [3.05, 3.63) is 271 Å². The van der Waals surface area contributed by atoms with Gasteiger partial charge in [0.15, 0.2) is 0 Å². The van der Waals surface area contributed by atoms with E-state index in [4.69, 9.17) is 4.42 Å². The zero-order valence-electron chi connectivity index (χ0n) is 37.5. The Morgan fingerprint density at radius 2 is 0.783 bits per heavy atom. The van der Waals surface area contributed by atoms with Gasteiger partial charge in [-0.25, -0.2) is 0 Å². The molecule has 0 saturated carbocycles. The predicted molar refractivity (Wildman–Crippen MR) is 288 cm³/mol. The van der Waals surface area contributed by atoms with E-state index in [1.54, 1.807) is 0 Å². The van der Waals surface area contributed by atoms with E-state index in [9.17, 15) is 0 Å². The van der Waals surface area contributed by atoms with Crippen LogP contribution >= 0.6 is 0 Å². The van der Waals surface area contributed by atoms with Crippen LogP contribution in [0, 0.1) is 0 Å². The summed E-state index contributed by atoms with van der Waals surface area (Å²) in [5.41, 5.74) is 19.5. The van der Waals surface area contributed by atoms with Crippen LogP contribution in [0.1, 0.15) is 22.3 Å². The topological polar surface area (TPSA) is 16.4 Å². The maximum Gasteiger partial charge on any atom is 0.135 e.